The van der Waals surface area contributed by atoms with E-state index >= 15 is 0 Å². The quantitative estimate of drug-likeness (QED) is 0.302. The van der Waals surface area contributed by atoms with E-state index in [0.29, 0.717) is 22.6 Å². The van der Waals surface area contributed by atoms with Crippen LogP contribution in [0.3, 0.4) is 0 Å². The molecule has 2 saturated heterocycles. The van der Waals surface area contributed by atoms with Crippen LogP contribution in [0.2, 0.25) is 5.02 Å². The molecule has 3 aromatic carbocycles. The highest BCUT2D eigenvalue weighted by Gasteiger charge is 2.68. The molecular formula is C34H28ClFN2O6. The molecule has 4 amide bonds. The molecule has 1 saturated carbocycles. The van der Waals surface area contributed by atoms with Crippen LogP contribution < -0.4 is 14.5 Å². The average Bonchev–Trinajstić information content (AvgIpc) is 3.39. The van der Waals surface area contributed by atoms with Crippen molar-refractivity contribution in [3.8, 4) is 11.5 Å². The van der Waals surface area contributed by atoms with Gasteiger partial charge in [-0.3, -0.25) is 24.1 Å². The number of anilines is 2. The number of imide groups is 2. The molecule has 2 aliphatic heterocycles. The second kappa shape index (κ2) is 10.0. The van der Waals surface area contributed by atoms with Crippen molar-refractivity contribution in [1.82, 2.24) is 0 Å². The van der Waals surface area contributed by atoms with Gasteiger partial charge in [0.05, 0.1) is 46.7 Å². The third-order valence-electron chi connectivity index (χ3n) is 10.0. The predicted octanol–water partition coefficient (Wildman–Crippen LogP) is 5.63. The second-order valence-corrected chi connectivity index (χ2v) is 12.4. The molecule has 0 aromatic heterocycles. The molecule has 0 radical (unpaired) electrons. The Kier molecular flexibility index (Phi) is 6.44. The van der Waals surface area contributed by atoms with E-state index in [1.165, 1.54) is 30.2 Å². The van der Waals surface area contributed by atoms with Crippen molar-refractivity contribution in [2.45, 2.75) is 25.7 Å². The summed E-state index contributed by atoms with van der Waals surface area (Å²) in [4.78, 5) is 58.8. The molecule has 4 aliphatic rings. The van der Waals surface area contributed by atoms with Crippen LogP contribution in [0.15, 0.2) is 78.4 Å². The van der Waals surface area contributed by atoms with Crippen molar-refractivity contribution in [2.75, 3.05) is 16.9 Å². The number of benzene rings is 3. The SMILES string of the molecule is COc1cccc(O)c1[C@H]1C2=CC[C@@H]3C(=O)N(c4ccccc4)C(=O)[C@@H]3[C@@H]2C[C@H]2C(=O)N(c3ccc(F)c(Cl)c3)C(=O)[C@@]12C. The highest BCUT2D eigenvalue weighted by atomic mass is 35.5. The maximum Gasteiger partial charge on any atom is 0.241 e. The van der Waals surface area contributed by atoms with Crippen LogP contribution >= 0.6 is 11.6 Å². The number of nitrogens with zero attached hydrogens (tertiary/aromatic N) is 2. The normalized spacial score (nSPS) is 29.4. The first-order valence-electron chi connectivity index (χ1n) is 14.4. The number of carbonyl (C=O) groups is 4. The molecule has 6 atom stereocenters. The summed E-state index contributed by atoms with van der Waals surface area (Å²) >= 11 is 6.06. The molecule has 2 heterocycles. The number of carbonyl (C=O) groups excluding carboxylic acids is 4. The topological polar surface area (TPSA) is 104 Å². The van der Waals surface area contributed by atoms with E-state index in [1.807, 2.05) is 6.08 Å². The number of phenols is 1. The molecule has 10 heteroatoms. The van der Waals surface area contributed by atoms with Gasteiger partial charge in [0, 0.05) is 11.5 Å². The molecule has 8 nitrogen and oxygen atoms in total. The second-order valence-electron chi connectivity index (χ2n) is 12.0. The Bertz CT molecular complexity index is 1790. The first-order chi connectivity index (χ1) is 21.1. The van der Waals surface area contributed by atoms with Gasteiger partial charge in [-0.1, -0.05) is 47.5 Å². The van der Waals surface area contributed by atoms with Gasteiger partial charge in [-0.2, -0.15) is 0 Å². The lowest BCUT2D eigenvalue weighted by Gasteiger charge is -2.49. The Morgan fingerprint density at radius 2 is 1.66 bits per heavy atom. The van der Waals surface area contributed by atoms with E-state index in [0.717, 1.165) is 11.0 Å². The lowest BCUT2D eigenvalue weighted by Crippen LogP contribution is -2.49. The van der Waals surface area contributed by atoms with Gasteiger partial charge in [-0.05, 0) is 68.1 Å². The highest BCUT2D eigenvalue weighted by molar-refractivity contribution is 6.32. The maximum atomic E-state index is 14.5. The van der Waals surface area contributed by atoms with Crippen molar-refractivity contribution < 1.29 is 33.4 Å². The van der Waals surface area contributed by atoms with E-state index in [4.69, 9.17) is 16.3 Å². The monoisotopic (exact) mass is 614 g/mol. The van der Waals surface area contributed by atoms with Crippen LogP contribution in [0.1, 0.15) is 31.2 Å². The molecule has 7 rings (SSSR count). The average molecular weight is 615 g/mol. The van der Waals surface area contributed by atoms with Crippen molar-refractivity contribution in [2.24, 2.45) is 29.1 Å². The molecular weight excluding hydrogens is 587 g/mol. The number of amides is 4. The number of rotatable bonds is 4. The van der Waals surface area contributed by atoms with Crippen LogP contribution in [0.4, 0.5) is 15.8 Å². The number of hydrogen-bond donors (Lipinski definition) is 1. The zero-order valence-electron chi connectivity index (χ0n) is 23.9. The summed E-state index contributed by atoms with van der Waals surface area (Å²) in [5.41, 5.74) is 0.228. The predicted molar refractivity (Wildman–Crippen MR) is 160 cm³/mol. The van der Waals surface area contributed by atoms with E-state index in [9.17, 15) is 28.7 Å². The Balaban J connectivity index is 1.41. The summed E-state index contributed by atoms with van der Waals surface area (Å²) in [5, 5.41) is 11.0. The van der Waals surface area contributed by atoms with Crippen LogP contribution in [0, 0.1) is 34.9 Å². The number of allylic oxidation sites excluding steroid dienone is 2. The number of para-hydroxylation sites is 1. The Labute approximate surface area is 257 Å². The first-order valence-corrected chi connectivity index (χ1v) is 14.8. The third-order valence-corrected chi connectivity index (χ3v) is 10.3. The maximum absolute atomic E-state index is 14.5. The van der Waals surface area contributed by atoms with E-state index in [2.05, 4.69) is 0 Å². The Hall–Kier alpha value is -4.50. The lowest BCUT2D eigenvalue weighted by atomic mass is 9.51. The van der Waals surface area contributed by atoms with Crippen LogP contribution in [-0.2, 0) is 19.2 Å². The fourth-order valence-corrected chi connectivity index (χ4v) is 8.20. The molecule has 3 fully saturated rings. The van der Waals surface area contributed by atoms with Crippen molar-refractivity contribution in [3.05, 3.63) is 94.8 Å². The number of fused-ring (bicyclic) bond motifs is 4. The molecule has 0 spiro atoms. The molecule has 3 aromatic rings. The minimum atomic E-state index is -1.41. The van der Waals surface area contributed by atoms with Gasteiger partial charge >= 0.3 is 0 Å². The fourth-order valence-electron chi connectivity index (χ4n) is 8.03. The van der Waals surface area contributed by atoms with Gasteiger partial charge in [-0.15, -0.1) is 0 Å². The Morgan fingerprint density at radius 1 is 0.909 bits per heavy atom. The number of aromatic hydroxyl groups is 1. The minimum absolute atomic E-state index is 0.124. The summed E-state index contributed by atoms with van der Waals surface area (Å²) in [5.74, 6) is -5.96. The minimum Gasteiger partial charge on any atom is -0.508 e. The van der Waals surface area contributed by atoms with Gasteiger partial charge in [0.1, 0.15) is 17.3 Å². The third kappa shape index (κ3) is 3.75. The number of phenolic OH excluding ortho intramolecular Hbond substituents is 1. The molecule has 2 aliphatic carbocycles. The van der Waals surface area contributed by atoms with E-state index in [-0.39, 0.29) is 41.1 Å². The standard InChI is InChI=1S/C34H28ClFN2O6/c1-34-22(31(41)38(33(34)43)18-11-14-24(36)23(35)15-18)16-21-19(29(34)28-25(39)9-6-10-26(28)44-2)12-13-20-27(21)32(42)37(30(20)40)17-7-4-3-5-8-17/h3-12,14-15,20-22,27,29,39H,13,16H2,1-2H3/t20-,21+,22-,27-,29+,34+/m0/s1. The van der Waals surface area contributed by atoms with Crippen molar-refractivity contribution in [1.29, 1.82) is 0 Å². The van der Waals surface area contributed by atoms with Gasteiger partial charge in [0.2, 0.25) is 23.6 Å². The summed E-state index contributed by atoms with van der Waals surface area (Å²) in [6.45, 7) is 1.70. The van der Waals surface area contributed by atoms with Crippen LogP contribution in [-0.4, -0.2) is 35.8 Å². The van der Waals surface area contributed by atoms with Gasteiger partial charge in [0.25, 0.3) is 0 Å². The zero-order valence-corrected chi connectivity index (χ0v) is 24.6. The molecule has 0 bridgehead atoms. The molecule has 1 N–H and O–H groups in total. The zero-order chi connectivity index (χ0) is 31.1. The number of methoxy groups -OCH3 is 1. The summed E-state index contributed by atoms with van der Waals surface area (Å²) in [7, 11) is 1.45. The van der Waals surface area contributed by atoms with E-state index in [1.54, 1.807) is 49.4 Å². The number of halogens is 2. The van der Waals surface area contributed by atoms with Crippen LogP contribution in [0.5, 0.6) is 11.5 Å². The summed E-state index contributed by atoms with van der Waals surface area (Å²) in [6, 6.07) is 17.2. The smallest absolute Gasteiger partial charge is 0.241 e. The highest BCUT2D eigenvalue weighted by Crippen LogP contribution is 2.65. The van der Waals surface area contributed by atoms with Crippen LogP contribution in [0.25, 0.3) is 0 Å². The lowest BCUT2D eigenvalue weighted by molar-refractivity contribution is -0.131. The molecule has 224 valence electrons. The van der Waals surface area contributed by atoms with E-state index < -0.39 is 52.6 Å². The molecule has 0 unspecified atom stereocenters. The first kappa shape index (κ1) is 28.3. The summed E-state index contributed by atoms with van der Waals surface area (Å²) < 4.78 is 19.7. The van der Waals surface area contributed by atoms with Crippen molar-refractivity contribution in [3.63, 3.8) is 0 Å². The largest absolute Gasteiger partial charge is 0.508 e. The molecule has 44 heavy (non-hydrogen) atoms. The van der Waals surface area contributed by atoms with Gasteiger partial charge < -0.3 is 9.84 Å². The van der Waals surface area contributed by atoms with Crippen molar-refractivity contribution >= 4 is 46.6 Å². The number of hydrogen-bond acceptors (Lipinski definition) is 6. The van der Waals surface area contributed by atoms with Gasteiger partial charge in [0.15, 0.2) is 0 Å². The number of ether oxygens (including phenoxy) is 1. The summed E-state index contributed by atoms with van der Waals surface area (Å²) in [6.07, 6.45) is 2.29. The van der Waals surface area contributed by atoms with Gasteiger partial charge in [-0.25, -0.2) is 9.29 Å². The fraction of sp³-hybridized carbons (Fsp3) is 0.294. The Morgan fingerprint density at radius 3 is 2.36 bits per heavy atom.